The first kappa shape index (κ1) is 13.5. The molecule has 1 aliphatic heterocycles. The fourth-order valence-corrected chi connectivity index (χ4v) is 2.78. The molecule has 100 valence electrons. The van der Waals surface area contributed by atoms with Crippen molar-refractivity contribution in [1.82, 2.24) is 4.90 Å². The van der Waals surface area contributed by atoms with Crippen LogP contribution in [0.2, 0.25) is 0 Å². The van der Waals surface area contributed by atoms with Crippen molar-refractivity contribution in [3.8, 4) is 0 Å². The lowest BCUT2D eigenvalue weighted by Gasteiger charge is -2.27. The smallest absolute Gasteiger partial charge is 0.0552 e. The van der Waals surface area contributed by atoms with Crippen LogP contribution < -0.4 is 5.73 Å². The zero-order chi connectivity index (χ0) is 13.1. The van der Waals surface area contributed by atoms with E-state index < -0.39 is 0 Å². The van der Waals surface area contributed by atoms with Crippen LogP contribution in [0.25, 0.3) is 0 Å². The first-order chi connectivity index (χ1) is 8.61. The van der Waals surface area contributed by atoms with E-state index >= 15 is 0 Å². The molecule has 0 bridgehead atoms. The molecule has 3 heteroatoms. The molecule has 3 atom stereocenters. The summed E-state index contributed by atoms with van der Waals surface area (Å²) in [7, 11) is 0. The molecule has 2 rings (SSSR count). The molecule has 1 aromatic rings. The number of hydrogen-bond donors (Lipinski definition) is 2. The van der Waals surface area contributed by atoms with Crippen molar-refractivity contribution in [2.24, 2.45) is 11.7 Å². The lowest BCUT2D eigenvalue weighted by Crippen LogP contribution is -2.33. The minimum Gasteiger partial charge on any atom is -0.393 e. The Bertz CT molecular complexity index is 375. The van der Waals surface area contributed by atoms with E-state index in [1.54, 1.807) is 0 Å². The molecule has 3 nitrogen and oxygen atoms in total. The van der Waals surface area contributed by atoms with Gasteiger partial charge in [-0.2, -0.15) is 0 Å². The summed E-state index contributed by atoms with van der Waals surface area (Å²) in [6.45, 7) is 6.60. The Labute approximate surface area is 110 Å². The van der Waals surface area contributed by atoms with Gasteiger partial charge in [0.25, 0.3) is 0 Å². The van der Waals surface area contributed by atoms with Gasteiger partial charge in [-0.1, -0.05) is 29.8 Å². The van der Waals surface area contributed by atoms with Crippen LogP contribution in [0.15, 0.2) is 24.3 Å². The summed E-state index contributed by atoms with van der Waals surface area (Å²) in [6.07, 6.45) is 0.853. The van der Waals surface area contributed by atoms with Gasteiger partial charge in [0.2, 0.25) is 0 Å². The van der Waals surface area contributed by atoms with Gasteiger partial charge < -0.3 is 10.8 Å². The second-order valence-electron chi connectivity index (χ2n) is 5.45. The van der Waals surface area contributed by atoms with E-state index in [1.165, 1.54) is 11.1 Å². The molecule has 3 N–H and O–H groups in total. The number of aryl methyl sites for hydroxylation is 1. The third-order valence-corrected chi connectivity index (χ3v) is 4.06. The number of hydrogen-bond acceptors (Lipinski definition) is 3. The molecule has 1 saturated heterocycles. The molecule has 1 aliphatic rings. The van der Waals surface area contributed by atoms with Crippen LogP contribution in [-0.4, -0.2) is 35.7 Å². The first-order valence-electron chi connectivity index (χ1n) is 6.80. The van der Waals surface area contributed by atoms with E-state index in [4.69, 9.17) is 5.73 Å². The highest BCUT2D eigenvalue weighted by Crippen LogP contribution is 2.28. The van der Waals surface area contributed by atoms with Gasteiger partial charge in [0.15, 0.2) is 0 Å². The molecular formula is C15H24N2O. The Kier molecular flexibility index (Phi) is 4.38. The van der Waals surface area contributed by atoms with Crippen LogP contribution in [0.1, 0.15) is 30.5 Å². The average molecular weight is 248 g/mol. The molecule has 1 heterocycles. The van der Waals surface area contributed by atoms with Crippen LogP contribution >= 0.6 is 0 Å². The zero-order valence-corrected chi connectivity index (χ0v) is 11.3. The van der Waals surface area contributed by atoms with E-state index in [9.17, 15) is 5.11 Å². The summed E-state index contributed by atoms with van der Waals surface area (Å²) in [6, 6.07) is 8.90. The number of rotatable bonds is 4. The predicted molar refractivity (Wildman–Crippen MR) is 74.3 cm³/mol. The summed E-state index contributed by atoms with van der Waals surface area (Å²) in [5.41, 5.74) is 8.50. The van der Waals surface area contributed by atoms with Crippen molar-refractivity contribution in [2.45, 2.75) is 32.4 Å². The fraction of sp³-hybridized carbons (Fsp3) is 0.600. The van der Waals surface area contributed by atoms with Gasteiger partial charge in [0.1, 0.15) is 0 Å². The quantitative estimate of drug-likeness (QED) is 0.852. The molecule has 0 aliphatic carbocycles. The van der Waals surface area contributed by atoms with E-state index in [2.05, 4.69) is 36.1 Å². The topological polar surface area (TPSA) is 49.5 Å². The fourth-order valence-electron chi connectivity index (χ4n) is 2.78. The average Bonchev–Trinajstić information content (AvgIpc) is 2.82. The number of nitrogens with zero attached hydrogens (tertiary/aromatic N) is 1. The van der Waals surface area contributed by atoms with Gasteiger partial charge >= 0.3 is 0 Å². The van der Waals surface area contributed by atoms with Crippen molar-refractivity contribution in [3.05, 3.63) is 35.4 Å². The van der Waals surface area contributed by atoms with Gasteiger partial charge in [0.05, 0.1) is 6.10 Å². The van der Waals surface area contributed by atoms with Crippen molar-refractivity contribution < 1.29 is 5.11 Å². The molecule has 1 fully saturated rings. The molecule has 1 aromatic carbocycles. The molecular weight excluding hydrogens is 224 g/mol. The van der Waals surface area contributed by atoms with E-state index in [0.717, 1.165) is 19.5 Å². The first-order valence-corrected chi connectivity index (χ1v) is 6.80. The highest BCUT2D eigenvalue weighted by molar-refractivity contribution is 5.24. The van der Waals surface area contributed by atoms with Crippen LogP contribution in [0.4, 0.5) is 0 Å². The largest absolute Gasteiger partial charge is 0.393 e. The summed E-state index contributed by atoms with van der Waals surface area (Å²) in [5.74, 6) is 0.393. The maximum absolute atomic E-state index is 9.67. The second kappa shape index (κ2) is 5.83. The van der Waals surface area contributed by atoms with E-state index in [1.807, 2.05) is 6.92 Å². The van der Waals surface area contributed by atoms with Crippen LogP contribution in [0, 0.1) is 12.8 Å². The summed E-state index contributed by atoms with van der Waals surface area (Å²) in [5, 5.41) is 9.67. The minimum atomic E-state index is -0.216. The Hall–Kier alpha value is -0.900. The molecule has 0 spiro atoms. The van der Waals surface area contributed by atoms with Gasteiger partial charge in [-0.25, -0.2) is 0 Å². The number of aliphatic hydroxyl groups is 1. The molecule has 0 saturated carbocycles. The van der Waals surface area contributed by atoms with Crippen molar-refractivity contribution in [1.29, 1.82) is 0 Å². The Balaban J connectivity index is 2.08. The number of aliphatic hydroxyl groups excluding tert-OH is 1. The Morgan fingerprint density at radius 3 is 2.56 bits per heavy atom. The molecule has 0 aromatic heterocycles. The van der Waals surface area contributed by atoms with Gasteiger partial charge in [-0.05, 0) is 38.3 Å². The van der Waals surface area contributed by atoms with Crippen molar-refractivity contribution in [2.75, 3.05) is 19.6 Å². The maximum Gasteiger partial charge on any atom is 0.0552 e. The number of nitrogens with two attached hydrogens (primary N) is 1. The van der Waals surface area contributed by atoms with Crippen LogP contribution in [-0.2, 0) is 0 Å². The SMILES string of the molecule is Cc1ccc(C(CN)N2CCC(C(C)O)C2)cc1. The summed E-state index contributed by atoms with van der Waals surface area (Å²) in [4.78, 5) is 2.40. The van der Waals surface area contributed by atoms with E-state index in [-0.39, 0.29) is 12.1 Å². The Morgan fingerprint density at radius 2 is 2.06 bits per heavy atom. The third kappa shape index (κ3) is 2.91. The highest BCUT2D eigenvalue weighted by atomic mass is 16.3. The second-order valence-corrected chi connectivity index (χ2v) is 5.45. The van der Waals surface area contributed by atoms with Gasteiger partial charge in [-0.3, -0.25) is 4.90 Å². The third-order valence-electron chi connectivity index (χ3n) is 4.06. The van der Waals surface area contributed by atoms with E-state index in [0.29, 0.717) is 12.5 Å². The normalized spacial score (nSPS) is 24.1. The Morgan fingerprint density at radius 1 is 1.39 bits per heavy atom. The highest BCUT2D eigenvalue weighted by Gasteiger charge is 2.30. The number of likely N-dealkylation sites (tertiary alicyclic amines) is 1. The van der Waals surface area contributed by atoms with Gasteiger partial charge in [0, 0.05) is 19.1 Å². The zero-order valence-electron chi connectivity index (χ0n) is 11.3. The van der Waals surface area contributed by atoms with Crippen LogP contribution in [0.3, 0.4) is 0 Å². The predicted octanol–water partition coefficient (Wildman–Crippen LogP) is 1.70. The van der Waals surface area contributed by atoms with Crippen molar-refractivity contribution >= 4 is 0 Å². The summed E-state index contributed by atoms with van der Waals surface area (Å²) < 4.78 is 0. The lowest BCUT2D eigenvalue weighted by atomic mass is 10.0. The summed E-state index contributed by atoms with van der Waals surface area (Å²) >= 11 is 0. The molecule has 0 radical (unpaired) electrons. The minimum absolute atomic E-state index is 0.216. The van der Waals surface area contributed by atoms with Crippen molar-refractivity contribution in [3.63, 3.8) is 0 Å². The maximum atomic E-state index is 9.67. The van der Waals surface area contributed by atoms with Crippen LogP contribution in [0.5, 0.6) is 0 Å². The molecule has 18 heavy (non-hydrogen) atoms. The standard InChI is InChI=1S/C15H24N2O/c1-11-3-5-13(6-4-11)15(9-16)17-8-7-14(10-17)12(2)18/h3-6,12,14-15,18H,7-10,16H2,1-2H3. The molecule has 0 amide bonds. The molecule has 3 unspecified atom stereocenters. The van der Waals surface area contributed by atoms with Gasteiger partial charge in [-0.15, -0.1) is 0 Å². The number of benzene rings is 1. The lowest BCUT2D eigenvalue weighted by molar-refractivity contribution is 0.122. The monoisotopic (exact) mass is 248 g/mol.